The van der Waals surface area contributed by atoms with Gasteiger partial charge in [0, 0.05) is 37.4 Å². The van der Waals surface area contributed by atoms with Gasteiger partial charge in [0.15, 0.2) is 0 Å². The minimum atomic E-state index is -0.344. The van der Waals surface area contributed by atoms with Gasteiger partial charge in [0.1, 0.15) is 0 Å². The Bertz CT molecular complexity index is 775. The molecule has 5 heteroatoms. The van der Waals surface area contributed by atoms with Crippen molar-refractivity contribution in [2.75, 3.05) is 6.61 Å². The number of hydrogen-bond donors (Lipinski definition) is 0. The van der Waals surface area contributed by atoms with E-state index in [-0.39, 0.29) is 5.97 Å². The van der Waals surface area contributed by atoms with Crippen LogP contribution in [0.4, 0.5) is 0 Å². The zero-order chi connectivity index (χ0) is 14.7. The topological polar surface area (TPSA) is 57.0 Å². The highest BCUT2D eigenvalue weighted by atomic mass is 16.5. The standard InChI is InChI=1S/C16H15N3O2/c1-19-11-12(8-18-19)6-7-21-16(20)15-10-17-9-13-4-2-3-5-14(13)15/h2-5,8-11H,6-7H2,1H3. The molecule has 0 spiro atoms. The van der Waals surface area contributed by atoms with Gasteiger partial charge >= 0.3 is 5.97 Å². The molecule has 106 valence electrons. The van der Waals surface area contributed by atoms with E-state index in [1.54, 1.807) is 23.3 Å². The third kappa shape index (κ3) is 2.91. The van der Waals surface area contributed by atoms with E-state index in [9.17, 15) is 4.79 Å². The molecule has 21 heavy (non-hydrogen) atoms. The van der Waals surface area contributed by atoms with Crippen molar-refractivity contribution in [2.24, 2.45) is 7.05 Å². The van der Waals surface area contributed by atoms with Crippen molar-refractivity contribution in [1.29, 1.82) is 0 Å². The Morgan fingerprint density at radius 3 is 2.90 bits per heavy atom. The summed E-state index contributed by atoms with van der Waals surface area (Å²) in [6, 6.07) is 7.64. The van der Waals surface area contributed by atoms with Crippen LogP contribution >= 0.6 is 0 Å². The van der Waals surface area contributed by atoms with Gasteiger partial charge < -0.3 is 4.74 Å². The van der Waals surface area contributed by atoms with Crippen molar-refractivity contribution in [2.45, 2.75) is 6.42 Å². The molecule has 3 aromatic rings. The highest BCUT2D eigenvalue weighted by molar-refractivity contribution is 6.03. The Kier molecular flexibility index (Phi) is 3.64. The van der Waals surface area contributed by atoms with Crippen molar-refractivity contribution >= 4 is 16.7 Å². The molecule has 0 saturated carbocycles. The van der Waals surface area contributed by atoms with Crippen LogP contribution in [0.25, 0.3) is 10.8 Å². The average Bonchev–Trinajstić information content (AvgIpc) is 2.92. The molecule has 0 fully saturated rings. The molecular weight excluding hydrogens is 266 g/mol. The number of hydrogen-bond acceptors (Lipinski definition) is 4. The molecule has 0 aliphatic carbocycles. The van der Waals surface area contributed by atoms with Crippen LogP contribution in [0.3, 0.4) is 0 Å². The van der Waals surface area contributed by atoms with E-state index in [4.69, 9.17) is 4.74 Å². The van der Waals surface area contributed by atoms with Gasteiger partial charge in [0.05, 0.1) is 18.4 Å². The second kappa shape index (κ2) is 5.75. The maximum Gasteiger partial charge on any atom is 0.340 e. The van der Waals surface area contributed by atoms with Gasteiger partial charge in [0.2, 0.25) is 0 Å². The second-order valence-corrected chi connectivity index (χ2v) is 4.82. The number of nitrogens with zero attached hydrogens (tertiary/aromatic N) is 3. The van der Waals surface area contributed by atoms with Gasteiger partial charge in [0.25, 0.3) is 0 Å². The summed E-state index contributed by atoms with van der Waals surface area (Å²) in [7, 11) is 1.86. The summed E-state index contributed by atoms with van der Waals surface area (Å²) in [5, 5.41) is 5.87. The number of fused-ring (bicyclic) bond motifs is 1. The van der Waals surface area contributed by atoms with Crippen molar-refractivity contribution in [3.05, 3.63) is 60.2 Å². The summed E-state index contributed by atoms with van der Waals surface area (Å²) in [4.78, 5) is 16.3. The monoisotopic (exact) mass is 281 g/mol. The lowest BCUT2D eigenvalue weighted by Gasteiger charge is -2.06. The van der Waals surface area contributed by atoms with E-state index >= 15 is 0 Å². The largest absolute Gasteiger partial charge is 0.462 e. The fourth-order valence-corrected chi connectivity index (χ4v) is 2.22. The Hall–Kier alpha value is -2.69. The normalized spacial score (nSPS) is 10.7. The predicted molar refractivity (Wildman–Crippen MR) is 78.9 cm³/mol. The lowest BCUT2D eigenvalue weighted by Crippen LogP contribution is -2.09. The molecule has 2 heterocycles. The van der Waals surface area contributed by atoms with E-state index in [1.807, 2.05) is 37.5 Å². The summed E-state index contributed by atoms with van der Waals surface area (Å²) in [5.74, 6) is -0.344. The fraction of sp³-hybridized carbons (Fsp3) is 0.188. The highest BCUT2D eigenvalue weighted by Crippen LogP contribution is 2.17. The lowest BCUT2D eigenvalue weighted by atomic mass is 10.1. The van der Waals surface area contributed by atoms with E-state index in [0.717, 1.165) is 16.3 Å². The van der Waals surface area contributed by atoms with Crippen molar-refractivity contribution < 1.29 is 9.53 Å². The van der Waals surface area contributed by atoms with Crippen LogP contribution < -0.4 is 0 Å². The Morgan fingerprint density at radius 1 is 1.24 bits per heavy atom. The maximum atomic E-state index is 12.2. The average molecular weight is 281 g/mol. The summed E-state index contributed by atoms with van der Waals surface area (Å²) in [6.07, 6.45) is 7.62. The first kappa shape index (κ1) is 13.3. The Morgan fingerprint density at radius 2 is 2.10 bits per heavy atom. The summed E-state index contributed by atoms with van der Waals surface area (Å²) in [6.45, 7) is 0.327. The van der Waals surface area contributed by atoms with E-state index in [0.29, 0.717) is 18.6 Å². The fourth-order valence-electron chi connectivity index (χ4n) is 2.22. The first-order chi connectivity index (χ1) is 10.2. The first-order valence-corrected chi connectivity index (χ1v) is 6.71. The van der Waals surface area contributed by atoms with Crippen LogP contribution in [0.15, 0.2) is 49.1 Å². The number of esters is 1. The third-order valence-corrected chi connectivity index (χ3v) is 3.27. The zero-order valence-corrected chi connectivity index (χ0v) is 11.7. The smallest absolute Gasteiger partial charge is 0.340 e. The second-order valence-electron chi connectivity index (χ2n) is 4.82. The first-order valence-electron chi connectivity index (χ1n) is 6.71. The molecule has 0 saturated heterocycles. The Balaban J connectivity index is 1.69. The minimum Gasteiger partial charge on any atom is -0.462 e. The van der Waals surface area contributed by atoms with Crippen LogP contribution in [-0.4, -0.2) is 27.3 Å². The van der Waals surface area contributed by atoms with Gasteiger partial charge in [-0.2, -0.15) is 5.10 Å². The number of benzene rings is 1. The molecule has 0 bridgehead atoms. The van der Waals surface area contributed by atoms with Gasteiger partial charge in [-0.05, 0) is 10.9 Å². The van der Waals surface area contributed by atoms with Crippen molar-refractivity contribution in [3.8, 4) is 0 Å². The summed E-state index contributed by atoms with van der Waals surface area (Å²) in [5.41, 5.74) is 1.54. The van der Waals surface area contributed by atoms with Crippen molar-refractivity contribution in [3.63, 3.8) is 0 Å². The third-order valence-electron chi connectivity index (χ3n) is 3.27. The van der Waals surface area contributed by atoms with Gasteiger partial charge in [-0.1, -0.05) is 24.3 Å². The van der Waals surface area contributed by atoms with Crippen molar-refractivity contribution in [1.82, 2.24) is 14.8 Å². The number of pyridine rings is 1. The van der Waals surface area contributed by atoms with Crippen LogP contribution in [0.5, 0.6) is 0 Å². The molecule has 0 radical (unpaired) electrons. The number of carbonyl (C=O) groups is 1. The van der Waals surface area contributed by atoms with Crippen LogP contribution in [0.1, 0.15) is 15.9 Å². The number of rotatable bonds is 4. The molecule has 0 atom stereocenters. The van der Waals surface area contributed by atoms with Gasteiger partial charge in [-0.25, -0.2) is 4.79 Å². The number of ether oxygens (including phenoxy) is 1. The lowest BCUT2D eigenvalue weighted by molar-refractivity contribution is 0.0511. The predicted octanol–water partition coefficient (Wildman–Crippen LogP) is 2.37. The van der Waals surface area contributed by atoms with Crippen LogP contribution in [0, 0.1) is 0 Å². The van der Waals surface area contributed by atoms with Crippen LogP contribution in [-0.2, 0) is 18.2 Å². The summed E-state index contributed by atoms with van der Waals surface area (Å²) >= 11 is 0. The molecule has 0 amide bonds. The zero-order valence-electron chi connectivity index (χ0n) is 11.7. The quantitative estimate of drug-likeness (QED) is 0.689. The van der Waals surface area contributed by atoms with E-state index < -0.39 is 0 Å². The molecule has 1 aromatic carbocycles. The number of carbonyl (C=O) groups excluding carboxylic acids is 1. The minimum absolute atomic E-state index is 0.327. The van der Waals surface area contributed by atoms with Gasteiger partial charge in [-0.3, -0.25) is 9.67 Å². The molecule has 0 aliphatic rings. The molecule has 0 unspecified atom stereocenters. The van der Waals surface area contributed by atoms with Gasteiger partial charge in [-0.15, -0.1) is 0 Å². The maximum absolute atomic E-state index is 12.2. The highest BCUT2D eigenvalue weighted by Gasteiger charge is 2.11. The molecular formula is C16H15N3O2. The number of aryl methyl sites for hydroxylation is 1. The Labute approximate surface area is 122 Å². The number of aromatic nitrogens is 3. The molecule has 5 nitrogen and oxygen atoms in total. The molecule has 2 aromatic heterocycles. The van der Waals surface area contributed by atoms with E-state index in [2.05, 4.69) is 10.1 Å². The SMILES string of the molecule is Cn1cc(CCOC(=O)c2cncc3ccccc23)cn1. The van der Waals surface area contributed by atoms with Crippen LogP contribution in [0.2, 0.25) is 0 Å². The molecule has 3 rings (SSSR count). The summed E-state index contributed by atoms with van der Waals surface area (Å²) < 4.78 is 7.06. The molecule has 0 N–H and O–H groups in total. The van der Waals surface area contributed by atoms with E-state index in [1.165, 1.54) is 0 Å². The molecule has 0 aliphatic heterocycles.